The van der Waals surface area contributed by atoms with Crippen LogP contribution in [0.2, 0.25) is 5.02 Å². The fraction of sp³-hybridized carbons (Fsp3) is 0.364. The first-order chi connectivity index (χ1) is 15.7. The van der Waals surface area contributed by atoms with E-state index in [1.807, 2.05) is 20.0 Å². The molecular weight excluding hydrogens is 449 g/mol. The van der Waals surface area contributed by atoms with Gasteiger partial charge in [0.2, 0.25) is 5.95 Å². The molecule has 2 heterocycles. The Morgan fingerprint density at radius 3 is 2.79 bits per heavy atom. The first-order valence-electron chi connectivity index (χ1n) is 10.5. The molecule has 4 N–H and O–H groups in total. The highest BCUT2D eigenvalue weighted by atomic mass is 35.5. The van der Waals surface area contributed by atoms with E-state index in [4.69, 9.17) is 22.1 Å². The fourth-order valence-corrected chi connectivity index (χ4v) is 3.66. The van der Waals surface area contributed by atoms with Crippen LogP contribution in [0.15, 0.2) is 30.6 Å². The zero-order valence-electron chi connectivity index (χ0n) is 18.5. The molecule has 1 saturated carbocycles. The molecule has 2 aromatic heterocycles. The highest BCUT2D eigenvalue weighted by Crippen LogP contribution is 2.37. The number of benzene rings is 1. The van der Waals surface area contributed by atoms with Crippen molar-refractivity contribution >= 4 is 29.3 Å². The number of carbonyl (C=O) groups is 1. The second-order valence-electron chi connectivity index (χ2n) is 8.34. The van der Waals surface area contributed by atoms with Crippen LogP contribution in [0, 0.1) is 5.82 Å². The van der Waals surface area contributed by atoms with Crippen molar-refractivity contribution in [1.82, 2.24) is 25.1 Å². The van der Waals surface area contributed by atoms with Gasteiger partial charge >= 0.3 is 6.09 Å². The standard InChI is InChI=1S/C22H25ClFN7O2/c1-12(2)31-10-15(19(30-31)14-8-13(23)9-16(25)18(14)24)17-4-7-26-20(28-17)27-11-22(5-6-22)29-21(32)33-3/h4,7-10,12H,5-6,11,25H2,1-3H3,(H,29,32)(H,26,27,28). The number of hydrogen-bond acceptors (Lipinski definition) is 7. The van der Waals surface area contributed by atoms with Crippen molar-refractivity contribution < 1.29 is 13.9 Å². The molecule has 1 aromatic carbocycles. The van der Waals surface area contributed by atoms with Crippen LogP contribution in [-0.4, -0.2) is 45.0 Å². The Bertz CT molecular complexity index is 1190. The maximum absolute atomic E-state index is 14.9. The van der Waals surface area contributed by atoms with Crippen LogP contribution < -0.4 is 16.4 Å². The van der Waals surface area contributed by atoms with Crippen LogP contribution in [-0.2, 0) is 4.74 Å². The number of nitrogens with one attached hydrogen (secondary N) is 2. The quantitative estimate of drug-likeness (QED) is 0.438. The van der Waals surface area contributed by atoms with Gasteiger partial charge < -0.3 is 21.1 Å². The van der Waals surface area contributed by atoms with Gasteiger partial charge in [-0.3, -0.25) is 4.68 Å². The number of carbonyl (C=O) groups excluding carboxylic acids is 1. The van der Waals surface area contributed by atoms with E-state index in [0.29, 0.717) is 34.5 Å². The van der Waals surface area contributed by atoms with Gasteiger partial charge in [-0.15, -0.1) is 0 Å². The van der Waals surface area contributed by atoms with Gasteiger partial charge in [-0.2, -0.15) is 5.10 Å². The van der Waals surface area contributed by atoms with Crippen molar-refractivity contribution in [2.24, 2.45) is 0 Å². The van der Waals surface area contributed by atoms with Crippen molar-refractivity contribution in [3.05, 3.63) is 41.4 Å². The predicted molar refractivity (Wildman–Crippen MR) is 124 cm³/mol. The molecule has 11 heteroatoms. The molecule has 0 unspecified atom stereocenters. The molecule has 0 bridgehead atoms. The van der Waals surface area contributed by atoms with Crippen LogP contribution in [0.1, 0.15) is 32.7 Å². The average Bonchev–Trinajstić information content (AvgIpc) is 3.39. The van der Waals surface area contributed by atoms with Crippen molar-refractivity contribution in [3.8, 4) is 22.5 Å². The van der Waals surface area contributed by atoms with E-state index < -0.39 is 11.9 Å². The Morgan fingerprint density at radius 2 is 2.12 bits per heavy atom. The maximum Gasteiger partial charge on any atom is 0.407 e. The third-order valence-corrected chi connectivity index (χ3v) is 5.72. The largest absolute Gasteiger partial charge is 0.453 e. The Balaban J connectivity index is 1.67. The van der Waals surface area contributed by atoms with Gasteiger partial charge in [-0.1, -0.05) is 11.6 Å². The lowest BCUT2D eigenvalue weighted by Gasteiger charge is -2.17. The molecule has 0 radical (unpaired) electrons. The second kappa shape index (κ2) is 8.86. The Morgan fingerprint density at radius 1 is 1.36 bits per heavy atom. The third kappa shape index (κ3) is 4.85. The highest BCUT2D eigenvalue weighted by Gasteiger charge is 2.44. The summed E-state index contributed by atoms with van der Waals surface area (Å²) in [4.78, 5) is 20.4. The van der Waals surface area contributed by atoms with Crippen molar-refractivity contribution in [2.75, 3.05) is 24.7 Å². The van der Waals surface area contributed by atoms with Gasteiger partial charge in [-0.05, 0) is 44.9 Å². The van der Waals surface area contributed by atoms with Gasteiger partial charge in [0, 0.05) is 41.1 Å². The Kier molecular flexibility index (Phi) is 6.11. The highest BCUT2D eigenvalue weighted by molar-refractivity contribution is 6.31. The minimum Gasteiger partial charge on any atom is -0.453 e. The zero-order valence-corrected chi connectivity index (χ0v) is 19.3. The molecule has 174 valence electrons. The van der Waals surface area contributed by atoms with Gasteiger partial charge in [0.05, 0.1) is 24.0 Å². The Labute approximate surface area is 195 Å². The van der Waals surface area contributed by atoms with E-state index in [2.05, 4.69) is 25.7 Å². The van der Waals surface area contributed by atoms with Crippen LogP contribution in [0.4, 0.5) is 20.8 Å². The number of methoxy groups -OCH3 is 1. The van der Waals surface area contributed by atoms with Crippen LogP contribution in [0.5, 0.6) is 0 Å². The number of aromatic nitrogens is 4. The smallest absolute Gasteiger partial charge is 0.407 e. The molecule has 9 nitrogen and oxygen atoms in total. The summed E-state index contributed by atoms with van der Waals surface area (Å²) in [6.45, 7) is 4.39. The number of nitrogen functional groups attached to an aromatic ring is 1. The SMILES string of the molecule is COC(=O)NC1(CNc2nccc(-c3cn(C(C)C)nc3-c3cc(Cl)cc(N)c3F)n2)CC1. The van der Waals surface area contributed by atoms with Crippen molar-refractivity contribution in [2.45, 2.75) is 38.3 Å². The summed E-state index contributed by atoms with van der Waals surface area (Å²) in [5.74, 6) is -0.216. The van der Waals surface area contributed by atoms with Crippen molar-refractivity contribution in [1.29, 1.82) is 0 Å². The summed E-state index contributed by atoms with van der Waals surface area (Å²) in [5.41, 5.74) is 7.12. The average molecular weight is 474 g/mol. The monoisotopic (exact) mass is 473 g/mol. The Hall–Kier alpha value is -3.40. The summed E-state index contributed by atoms with van der Waals surface area (Å²) < 4.78 is 21.3. The third-order valence-electron chi connectivity index (χ3n) is 5.50. The van der Waals surface area contributed by atoms with Crippen LogP contribution in [0.25, 0.3) is 22.5 Å². The summed E-state index contributed by atoms with van der Waals surface area (Å²) in [5, 5.41) is 10.9. The minimum absolute atomic E-state index is 0.0376. The normalized spacial score (nSPS) is 14.2. The molecule has 0 spiro atoms. The maximum atomic E-state index is 14.9. The van der Waals surface area contributed by atoms with E-state index >= 15 is 0 Å². The number of ether oxygens (including phenoxy) is 1. The second-order valence-corrected chi connectivity index (χ2v) is 8.77. The molecule has 33 heavy (non-hydrogen) atoms. The summed E-state index contributed by atoms with van der Waals surface area (Å²) in [7, 11) is 1.33. The minimum atomic E-state index is -0.591. The topological polar surface area (TPSA) is 120 Å². The first kappa shape index (κ1) is 22.8. The van der Waals surface area contributed by atoms with E-state index in [1.54, 1.807) is 16.9 Å². The van der Waals surface area contributed by atoms with E-state index in [9.17, 15) is 9.18 Å². The number of anilines is 2. The van der Waals surface area contributed by atoms with Crippen LogP contribution in [0.3, 0.4) is 0 Å². The molecule has 1 amide bonds. The summed E-state index contributed by atoms with van der Waals surface area (Å²) in [6.07, 6.45) is 4.60. The first-order valence-corrected chi connectivity index (χ1v) is 10.9. The van der Waals surface area contributed by atoms with E-state index in [1.165, 1.54) is 19.2 Å². The molecular formula is C22H25ClFN7O2. The van der Waals surface area contributed by atoms with Gasteiger partial charge in [0.25, 0.3) is 0 Å². The zero-order chi connectivity index (χ0) is 23.8. The molecule has 1 fully saturated rings. The number of alkyl carbamates (subject to hydrolysis) is 1. The summed E-state index contributed by atoms with van der Waals surface area (Å²) in [6, 6.07) is 4.62. The molecule has 1 aliphatic carbocycles. The number of nitrogens with two attached hydrogens (primary N) is 1. The lowest BCUT2D eigenvalue weighted by Crippen LogP contribution is -2.42. The fourth-order valence-electron chi connectivity index (χ4n) is 3.43. The number of halogens is 2. The number of rotatable bonds is 7. The molecule has 0 saturated heterocycles. The van der Waals surface area contributed by atoms with Gasteiger partial charge in [0.1, 0.15) is 5.69 Å². The summed E-state index contributed by atoms with van der Waals surface area (Å²) >= 11 is 6.15. The predicted octanol–water partition coefficient (Wildman–Crippen LogP) is 4.26. The number of nitrogens with zero attached hydrogens (tertiary/aromatic N) is 4. The van der Waals surface area contributed by atoms with E-state index in [-0.39, 0.29) is 22.8 Å². The van der Waals surface area contributed by atoms with Gasteiger partial charge in [-0.25, -0.2) is 19.2 Å². The van der Waals surface area contributed by atoms with Gasteiger partial charge in [0.15, 0.2) is 5.82 Å². The lowest BCUT2D eigenvalue weighted by atomic mass is 10.0. The molecule has 4 rings (SSSR count). The molecule has 1 aliphatic rings. The lowest BCUT2D eigenvalue weighted by molar-refractivity contribution is 0.166. The molecule has 3 aromatic rings. The van der Waals surface area contributed by atoms with Crippen molar-refractivity contribution in [3.63, 3.8) is 0 Å². The molecule has 0 atom stereocenters. The number of hydrogen-bond donors (Lipinski definition) is 3. The molecule has 0 aliphatic heterocycles. The van der Waals surface area contributed by atoms with Crippen LogP contribution >= 0.6 is 11.6 Å². The number of amides is 1. The van der Waals surface area contributed by atoms with E-state index in [0.717, 1.165) is 12.8 Å².